The molecule has 11 nitrogen and oxygen atoms in total. The van der Waals surface area contributed by atoms with Crippen LogP contribution in [0.15, 0.2) is 72.8 Å². The number of esters is 2. The average molecular weight is 818 g/mol. The first-order valence-corrected chi connectivity index (χ1v) is 21.6. The van der Waals surface area contributed by atoms with Gasteiger partial charge in [-0.05, 0) is 151 Å². The Hall–Kier alpha value is -5.33. The van der Waals surface area contributed by atoms with Gasteiger partial charge in [0.25, 0.3) is 5.91 Å². The predicted octanol–water partition coefficient (Wildman–Crippen LogP) is 9.26. The minimum atomic E-state index is -0.728. The van der Waals surface area contributed by atoms with E-state index >= 15 is 0 Å². The third-order valence-corrected chi connectivity index (χ3v) is 12.0. The molecule has 1 atom stereocenters. The Balaban J connectivity index is 1.07. The van der Waals surface area contributed by atoms with E-state index in [1.165, 1.54) is 11.3 Å². The fraction of sp³-hybridized carbons (Fsp3) is 0.426. The smallest absolute Gasteiger partial charge is 0.358 e. The van der Waals surface area contributed by atoms with Gasteiger partial charge in [0.1, 0.15) is 17.2 Å². The molecule has 0 bridgehead atoms. The number of hydrogen-bond donors (Lipinski definition) is 1. The Labute approximate surface area is 351 Å². The molecule has 5 aromatic rings. The minimum absolute atomic E-state index is 0.0116. The molecule has 3 aromatic carbocycles. The van der Waals surface area contributed by atoms with Crippen LogP contribution in [0.5, 0.6) is 5.75 Å². The maximum atomic E-state index is 14.0. The Morgan fingerprint density at radius 1 is 0.932 bits per heavy atom. The number of rotatable bonds is 13. The normalized spacial score (nSPS) is 15.4. The summed E-state index contributed by atoms with van der Waals surface area (Å²) < 4.78 is 18.6. The molecule has 12 heteroatoms. The summed E-state index contributed by atoms with van der Waals surface area (Å²) >= 11 is 1.45. The maximum absolute atomic E-state index is 14.0. The van der Waals surface area contributed by atoms with Crippen LogP contribution in [0.3, 0.4) is 0 Å². The van der Waals surface area contributed by atoms with Crippen molar-refractivity contribution in [2.24, 2.45) is 5.92 Å². The van der Waals surface area contributed by atoms with Gasteiger partial charge in [0, 0.05) is 24.2 Å². The van der Waals surface area contributed by atoms with Gasteiger partial charge < -0.3 is 19.1 Å². The van der Waals surface area contributed by atoms with Crippen LogP contribution < -0.4 is 15.0 Å². The summed E-state index contributed by atoms with van der Waals surface area (Å²) in [5, 5.41) is 3.58. The van der Waals surface area contributed by atoms with Crippen LogP contribution in [0.2, 0.25) is 0 Å². The van der Waals surface area contributed by atoms with E-state index in [9.17, 15) is 14.4 Å². The van der Waals surface area contributed by atoms with Gasteiger partial charge in [-0.1, -0.05) is 47.7 Å². The highest BCUT2D eigenvalue weighted by molar-refractivity contribution is 7.22. The number of fused-ring (bicyclic) bond motifs is 2. The number of ether oxygens (including phenoxy) is 3. The van der Waals surface area contributed by atoms with Gasteiger partial charge in [0.15, 0.2) is 10.8 Å². The number of carbonyl (C=O) groups is 3. The van der Waals surface area contributed by atoms with Gasteiger partial charge in [-0.2, -0.15) is 0 Å². The highest BCUT2D eigenvalue weighted by Crippen LogP contribution is 2.36. The molecule has 1 fully saturated rings. The van der Waals surface area contributed by atoms with Crippen molar-refractivity contribution in [2.75, 3.05) is 43.0 Å². The zero-order chi connectivity index (χ0) is 41.7. The molecule has 2 aliphatic rings. The van der Waals surface area contributed by atoms with E-state index in [0.29, 0.717) is 60.7 Å². The summed E-state index contributed by atoms with van der Waals surface area (Å²) in [6.07, 6.45) is 4.79. The summed E-state index contributed by atoms with van der Waals surface area (Å²) in [4.78, 5) is 53.5. The molecule has 2 aliphatic heterocycles. The molecular formula is C47H55N5O6S. The van der Waals surface area contributed by atoms with Gasteiger partial charge in [-0.3, -0.25) is 19.8 Å². The Bertz CT molecular complexity index is 2280. The number of amides is 1. The summed E-state index contributed by atoms with van der Waals surface area (Å²) in [6, 6.07) is 23.5. The fourth-order valence-corrected chi connectivity index (χ4v) is 8.87. The number of pyridine rings is 1. The van der Waals surface area contributed by atoms with Gasteiger partial charge in [-0.25, -0.2) is 14.8 Å². The molecule has 1 N–H and O–H groups in total. The molecule has 0 unspecified atom stereocenters. The van der Waals surface area contributed by atoms with Crippen molar-refractivity contribution in [1.82, 2.24) is 14.9 Å². The van der Waals surface area contributed by atoms with Crippen LogP contribution in [-0.4, -0.2) is 77.2 Å². The lowest BCUT2D eigenvalue weighted by atomic mass is 9.91. The van der Waals surface area contributed by atoms with Crippen molar-refractivity contribution in [2.45, 2.75) is 91.9 Å². The molecule has 59 heavy (non-hydrogen) atoms. The molecular weight excluding hydrogens is 763 g/mol. The van der Waals surface area contributed by atoms with Crippen molar-refractivity contribution in [1.29, 1.82) is 0 Å². The summed E-state index contributed by atoms with van der Waals surface area (Å²) in [5.74, 6) is 1.13. The van der Waals surface area contributed by atoms with Crippen LogP contribution in [0.1, 0.15) is 97.8 Å². The molecule has 0 spiro atoms. The van der Waals surface area contributed by atoms with Crippen LogP contribution in [0.25, 0.3) is 21.3 Å². The Kier molecular flexibility index (Phi) is 13.0. The van der Waals surface area contributed by atoms with E-state index < -0.39 is 11.6 Å². The van der Waals surface area contributed by atoms with Crippen LogP contribution in [-0.2, 0) is 27.2 Å². The number of anilines is 2. The number of nitrogens with one attached hydrogen (secondary N) is 1. The number of para-hydroxylation sites is 1. The molecule has 1 saturated heterocycles. The zero-order valence-electron chi connectivity index (χ0n) is 35.0. The number of thiazole rings is 1. The van der Waals surface area contributed by atoms with E-state index in [2.05, 4.69) is 33.1 Å². The van der Waals surface area contributed by atoms with Crippen molar-refractivity contribution in [3.63, 3.8) is 0 Å². The first-order chi connectivity index (χ1) is 28.3. The molecule has 4 heterocycles. The Morgan fingerprint density at radius 3 is 2.47 bits per heavy atom. The van der Waals surface area contributed by atoms with E-state index in [-0.39, 0.29) is 23.7 Å². The molecule has 0 aliphatic carbocycles. The van der Waals surface area contributed by atoms with E-state index in [4.69, 9.17) is 19.2 Å². The lowest BCUT2D eigenvalue weighted by Gasteiger charge is -2.32. The molecule has 1 amide bonds. The van der Waals surface area contributed by atoms with E-state index in [0.717, 1.165) is 77.0 Å². The molecule has 2 aromatic heterocycles. The minimum Gasteiger partial charge on any atom is -0.490 e. The van der Waals surface area contributed by atoms with Crippen LogP contribution in [0, 0.1) is 12.8 Å². The van der Waals surface area contributed by atoms with Gasteiger partial charge in [0.2, 0.25) is 0 Å². The number of benzene rings is 3. The lowest BCUT2D eigenvalue weighted by molar-refractivity contribution is -0.144. The highest BCUT2D eigenvalue weighted by atomic mass is 32.1. The quantitative estimate of drug-likeness (QED) is 0.115. The number of likely N-dealkylation sites (tertiary alicyclic amines) is 1. The number of aromatic nitrogens is 2. The zero-order valence-corrected chi connectivity index (χ0v) is 35.8. The van der Waals surface area contributed by atoms with Gasteiger partial charge in [-0.15, -0.1) is 0 Å². The maximum Gasteiger partial charge on any atom is 0.358 e. The van der Waals surface area contributed by atoms with Crippen LogP contribution in [0.4, 0.5) is 10.9 Å². The second-order valence-corrected chi connectivity index (χ2v) is 17.6. The monoisotopic (exact) mass is 817 g/mol. The first-order valence-electron chi connectivity index (χ1n) is 20.8. The lowest BCUT2D eigenvalue weighted by Crippen LogP contribution is -2.38. The highest BCUT2D eigenvalue weighted by Gasteiger charge is 2.28. The topological polar surface area (TPSA) is 123 Å². The molecule has 310 valence electrons. The number of carbonyl (C=O) groups excluding carboxylic acids is 3. The third kappa shape index (κ3) is 10.3. The van der Waals surface area contributed by atoms with E-state index in [1.54, 1.807) is 0 Å². The second-order valence-electron chi connectivity index (χ2n) is 16.6. The van der Waals surface area contributed by atoms with Gasteiger partial charge >= 0.3 is 11.9 Å². The van der Waals surface area contributed by atoms with E-state index in [1.807, 2.05) is 101 Å². The largest absolute Gasteiger partial charge is 0.490 e. The Morgan fingerprint density at radius 2 is 1.71 bits per heavy atom. The average Bonchev–Trinajstić information content (AvgIpc) is 3.62. The van der Waals surface area contributed by atoms with Crippen molar-refractivity contribution >= 4 is 50.3 Å². The number of hydrogen-bond acceptors (Lipinski definition) is 11. The summed E-state index contributed by atoms with van der Waals surface area (Å²) in [7, 11) is 0. The number of piperidine rings is 1. The molecule has 7 rings (SSSR count). The third-order valence-electron chi connectivity index (χ3n) is 11.1. The second kappa shape index (κ2) is 18.3. The summed E-state index contributed by atoms with van der Waals surface area (Å²) in [5.41, 5.74) is 5.42. The van der Waals surface area contributed by atoms with Crippen molar-refractivity contribution in [3.05, 3.63) is 101 Å². The van der Waals surface area contributed by atoms with Gasteiger partial charge in [0.05, 0.1) is 29.5 Å². The SMILES string of the molecule is CCOC(=O)CN1CCC(CC[C@H](C)Oc2cccc(-c3ccc(N4CCc5cccc(C(=O)Nc6nc7ccccc7s6)c5C4)nc3C(=O)OC(C)(C)C)c2C)CC1. The molecule has 0 saturated carbocycles. The van der Waals surface area contributed by atoms with Crippen molar-refractivity contribution < 1.29 is 28.6 Å². The predicted molar refractivity (Wildman–Crippen MR) is 233 cm³/mol. The first kappa shape index (κ1) is 41.8. The fourth-order valence-electron chi connectivity index (χ4n) is 8.01. The molecule has 0 radical (unpaired) electrons. The summed E-state index contributed by atoms with van der Waals surface area (Å²) in [6.45, 7) is 15.2. The standard InChI is InChI=1S/C47H55N5O6S/c1-7-56-42(53)29-51-25-22-32(23-26-51)19-18-30(2)57-39-16-11-13-34(31(39)3)35-20-21-41(49-43(35)45(55)58-47(4,5)6)52-27-24-33-12-10-14-36(37(33)28-52)44(54)50-46-48-38-15-8-9-17-40(38)59-46/h8-17,20-21,30,32H,7,18-19,22-29H2,1-6H3,(H,48,50,54)/t30-/m0/s1. The van der Waals surface area contributed by atoms with Crippen molar-refractivity contribution in [3.8, 4) is 16.9 Å². The number of nitrogens with zero attached hydrogens (tertiary/aromatic N) is 4. The van der Waals surface area contributed by atoms with Crippen LogP contribution >= 0.6 is 11.3 Å².